The molecule has 0 aliphatic heterocycles. The van der Waals surface area contributed by atoms with Crippen LogP contribution in [0.3, 0.4) is 0 Å². The van der Waals surface area contributed by atoms with Gasteiger partial charge in [0.15, 0.2) is 5.78 Å². The maximum Gasteiger partial charge on any atom is 0.251 e. The van der Waals surface area contributed by atoms with E-state index in [0.29, 0.717) is 12.3 Å². The van der Waals surface area contributed by atoms with Crippen molar-refractivity contribution in [2.75, 3.05) is 7.05 Å². The van der Waals surface area contributed by atoms with Crippen LogP contribution in [-0.4, -0.2) is 40.2 Å². The van der Waals surface area contributed by atoms with Crippen LogP contribution in [0.1, 0.15) is 106 Å². The highest BCUT2D eigenvalue weighted by Gasteiger charge is 2.70. The van der Waals surface area contributed by atoms with Crippen molar-refractivity contribution in [3.05, 3.63) is 11.6 Å². The van der Waals surface area contributed by atoms with Crippen molar-refractivity contribution in [2.24, 2.45) is 50.2 Å². The minimum Gasteiger partial charge on any atom is -0.393 e. The van der Waals surface area contributed by atoms with Crippen LogP contribution >= 0.6 is 0 Å². The summed E-state index contributed by atoms with van der Waals surface area (Å²) in [6.07, 6.45) is 10.1. The number of hydrogen-bond acceptors (Lipinski definition) is 4. The molecule has 0 aromatic rings. The molecule has 5 rings (SSSR count). The first-order valence-electron chi connectivity index (χ1n) is 14.4. The first-order chi connectivity index (χ1) is 16.5. The smallest absolute Gasteiger partial charge is 0.251 e. The van der Waals surface area contributed by atoms with Crippen molar-refractivity contribution < 1.29 is 19.9 Å². The molecule has 5 nitrogen and oxygen atoms in total. The summed E-state index contributed by atoms with van der Waals surface area (Å²) in [5.74, 6) is 0.551. The quantitative estimate of drug-likeness (QED) is 0.334. The second kappa shape index (κ2) is 7.68. The van der Waals surface area contributed by atoms with Gasteiger partial charge in [0.2, 0.25) is 0 Å². The van der Waals surface area contributed by atoms with Gasteiger partial charge in [-0.2, -0.15) is 0 Å². The lowest BCUT2D eigenvalue weighted by Crippen LogP contribution is -2.66. The van der Waals surface area contributed by atoms with E-state index < -0.39 is 5.41 Å². The molecule has 5 aliphatic rings. The normalized spacial score (nSPS) is 51.7. The van der Waals surface area contributed by atoms with E-state index in [0.717, 1.165) is 56.4 Å². The molecule has 202 valence electrons. The summed E-state index contributed by atoms with van der Waals surface area (Å²) < 4.78 is 0. The number of fused-ring (bicyclic) bond motifs is 7. The van der Waals surface area contributed by atoms with Crippen molar-refractivity contribution in [3.63, 3.8) is 0 Å². The summed E-state index contributed by atoms with van der Waals surface area (Å²) in [5.41, 5.74) is 0.237. The zero-order chi connectivity index (χ0) is 26.7. The Hall–Kier alpha value is -1.20. The number of hydroxylamine groups is 2. The van der Waals surface area contributed by atoms with Crippen molar-refractivity contribution in [3.8, 4) is 0 Å². The van der Waals surface area contributed by atoms with Crippen molar-refractivity contribution in [1.29, 1.82) is 0 Å². The minimum atomic E-state index is -0.610. The van der Waals surface area contributed by atoms with Crippen LogP contribution in [0.15, 0.2) is 11.6 Å². The summed E-state index contributed by atoms with van der Waals surface area (Å²) in [7, 11) is 1.43. The Morgan fingerprint density at radius 1 is 0.944 bits per heavy atom. The molecular weight excluding hydrogens is 450 g/mol. The topological polar surface area (TPSA) is 77.8 Å². The molecule has 0 radical (unpaired) electrons. The number of ketones is 1. The minimum absolute atomic E-state index is 0.0335. The lowest BCUT2D eigenvalue weighted by Gasteiger charge is -2.70. The van der Waals surface area contributed by atoms with E-state index in [1.807, 2.05) is 13.0 Å². The zero-order valence-corrected chi connectivity index (χ0v) is 23.9. The Bertz CT molecular complexity index is 1020. The van der Waals surface area contributed by atoms with E-state index in [2.05, 4.69) is 41.5 Å². The standard InChI is InChI=1S/C31H49NO4/c1-26(2)22-9-12-31(7)24(29(22,5)11-10-23(26)34)21(33)17-19-20-18-28(4,25(35)32(8)36)14-13-27(20,3)15-16-30(19,31)6/h17,20,22-24,34,36H,9-16,18H2,1-8H3/t20?,22?,23-,24?,27+,28-,29-,30+,31+/m0/s1. The van der Waals surface area contributed by atoms with E-state index >= 15 is 0 Å². The molecule has 0 spiro atoms. The van der Waals surface area contributed by atoms with Crippen LogP contribution in [0.2, 0.25) is 0 Å². The maximum absolute atomic E-state index is 14.3. The van der Waals surface area contributed by atoms with Crippen LogP contribution in [0.5, 0.6) is 0 Å². The predicted octanol–water partition coefficient (Wildman–Crippen LogP) is 6.18. The Kier molecular flexibility index (Phi) is 5.64. The Balaban J connectivity index is 1.60. The van der Waals surface area contributed by atoms with Crippen LogP contribution in [0.4, 0.5) is 0 Å². The average molecular weight is 500 g/mol. The molecule has 0 bridgehead atoms. The van der Waals surface area contributed by atoms with Crippen LogP contribution < -0.4 is 0 Å². The Morgan fingerprint density at radius 3 is 2.22 bits per heavy atom. The van der Waals surface area contributed by atoms with Gasteiger partial charge in [0.1, 0.15) is 0 Å². The van der Waals surface area contributed by atoms with Crippen molar-refractivity contribution >= 4 is 11.7 Å². The third-order valence-corrected chi connectivity index (χ3v) is 13.4. The van der Waals surface area contributed by atoms with E-state index in [4.69, 9.17) is 0 Å². The largest absolute Gasteiger partial charge is 0.393 e. The Morgan fingerprint density at radius 2 is 1.58 bits per heavy atom. The molecule has 0 heterocycles. The lowest BCUT2D eigenvalue weighted by atomic mass is 9.33. The SMILES string of the molecule is CN(O)C(=O)[C@@]1(C)CC[C@]2(C)CC[C@]3(C)C(=CC(=O)C4[C@@]5(C)CC[C@H](O)C(C)(C)C5CC[C@]43C)C2C1. The number of nitrogens with zero attached hydrogens (tertiary/aromatic N) is 1. The molecule has 5 aliphatic carbocycles. The van der Waals surface area contributed by atoms with Gasteiger partial charge in [0.05, 0.1) is 6.10 Å². The molecule has 9 atom stereocenters. The van der Waals surface area contributed by atoms with Gasteiger partial charge in [-0.3, -0.25) is 14.8 Å². The van der Waals surface area contributed by atoms with E-state index in [9.17, 15) is 19.9 Å². The summed E-state index contributed by atoms with van der Waals surface area (Å²) in [6.45, 7) is 16.0. The number of amides is 1. The molecule has 4 fully saturated rings. The van der Waals surface area contributed by atoms with Gasteiger partial charge in [-0.1, -0.05) is 54.0 Å². The van der Waals surface area contributed by atoms with Gasteiger partial charge >= 0.3 is 0 Å². The van der Waals surface area contributed by atoms with Gasteiger partial charge in [-0.05, 0) is 103 Å². The molecule has 0 saturated heterocycles. The number of aliphatic hydroxyl groups is 1. The second-order valence-corrected chi connectivity index (χ2v) is 15.5. The highest BCUT2D eigenvalue weighted by molar-refractivity contribution is 5.95. The number of allylic oxidation sites excluding steroid dienone is 2. The summed E-state index contributed by atoms with van der Waals surface area (Å²) in [6, 6.07) is 0. The van der Waals surface area contributed by atoms with Crippen molar-refractivity contribution in [1.82, 2.24) is 5.06 Å². The fraction of sp³-hybridized carbons (Fsp3) is 0.871. The molecule has 5 heteroatoms. The van der Waals surface area contributed by atoms with Crippen LogP contribution in [0, 0.1) is 50.2 Å². The number of aliphatic hydroxyl groups excluding tert-OH is 1. The predicted molar refractivity (Wildman–Crippen MR) is 140 cm³/mol. The fourth-order valence-corrected chi connectivity index (χ4v) is 10.8. The van der Waals surface area contributed by atoms with E-state index in [-0.39, 0.29) is 56.7 Å². The molecule has 3 unspecified atom stereocenters. The monoisotopic (exact) mass is 499 g/mol. The number of hydrogen-bond donors (Lipinski definition) is 2. The molecule has 4 saturated carbocycles. The van der Waals surface area contributed by atoms with Gasteiger partial charge in [0.25, 0.3) is 5.91 Å². The molecule has 2 N–H and O–H groups in total. The number of carbonyl (C=O) groups is 2. The Labute approximate surface area is 218 Å². The molecule has 0 aromatic carbocycles. The number of rotatable bonds is 1. The van der Waals surface area contributed by atoms with Crippen molar-refractivity contribution in [2.45, 2.75) is 112 Å². The summed E-state index contributed by atoms with van der Waals surface area (Å²) in [4.78, 5) is 27.4. The third-order valence-electron chi connectivity index (χ3n) is 13.4. The fourth-order valence-electron chi connectivity index (χ4n) is 10.8. The maximum atomic E-state index is 14.3. The van der Waals surface area contributed by atoms with Crippen LogP contribution in [-0.2, 0) is 9.59 Å². The third kappa shape index (κ3) is 3.14. The van der Waals surface area contributed by atoms with Crippen LogP contribution in [0.25, 0.3) is 0 Å². The highest BCUT2D eigenvalue weighted by Crippen LogP contribution is 2.75. The van der Waals surface area contributed by atoms with E-state index in [1.54, 1.807) is 0 Å². The van der Waals surface area contributed by atoms with Gasteiger partial charge in [0, 0.05) is 18.4 Å². The van der Waals surface area contributed by atoms with Gasteiger partial charge in [-0.15, -0.1) is 0 Å². The molecule has 0 aromatic heterocycles. The average Bonchev–Trinajstić information content (AvgIpc) is 2.78. The summed E-state index contributed by atoms with van der Waals surface area (Å²) in [5, 5.41) is 21.7. The number of carbonyl (C=O) groups excluding carboxylic acids is 2. The highest BCUT2D eigenvalue weighted by atomic mass is 16.5. The second-order valence-electron chi connectivity index (χ2n) is 15.5. The lowest BCUT2D eigenvalue weighted by molar-refractivity contribution is -0.203. The first kappa shape index (κ1) is 26.4. The van der Waals surface area contributed by atoms with E-state index in [1.165, 1.54) is 12.6 Å². The first-order valence-corrected chi connectivity index (χ1v) is 14.4. The van der Waals surface area contributed by atoms with Gasteiger partial charge < -0.3 is 5.11 Å². The zero-order valence-electron chi connectivity index (χ0n) is 23.9. The van der Waals surface area contributed by atoms with Gasteiger partial charge in [-0.25, -0.2) is 5.06 Å². The molecule has 1 amide bonds. The molecule has 36 heavy (non-hydrogen) atoms. The summed E-state index contributed by atoms with van der Waals surface area (Å²) >= 11 is 0. The molecular formula is C31H49NO4.